The van der Waals surface area contributed by atoms with Crippen molar-refractivity contribution in [2.24, 2.45) is 0 Å². The van der Waals surface area contributed by atoms with Crippen molar-refractivity contribution in [3.05, 3.63) is 30.1 Å². The van der Waals surface area contributed by atoms with Gasteiger partial charge in [0.2, 0.25) is 0 Å². The number of aromatic nitrogens is 1. The Bertz CT molecular complexity index is 456. The van der Waals surface area contributed by atoms with Crippen molar-refractivity contribution in [1.82, 2.24) is 4.98 Å². The van der Waals surface area contributed by atoms with Crippen LogP contribution < -0.4 is 0 Å². The van der Waals surface area contributed by atoms with Gasteiger partial charge in [-0.1, -0.05) is 6.07 Å². The Balaban J connectivity index is 2.69. The Morgan fingerprint density at radius 2 is 2.12 bits per heavy atom. The normalized spacial score (nSPS) is 13.3. The van der Waals surface area contributed by atoms with E-state index in [1.54, 1.807) is 18.2 Å². The second kappa shape index (κ2) is 5.04. The van der Waals surface area contributed by atoms with Gasteiger partial charge in [-0.2, -0.15) is 8.42 Å². The number of aryl methyl sites for hydroxylation is 1. The molecule has 6 nitrogen and oxygen atoms in total. The molecule has 0 aliphatic heterocycles. The highest BCUT2D eigenvalue weighted by Gasteiger charge is 2.30. The van der Waals surface area contributed by atoms with Gasteiger partial charge in [-0.05, 0) is 25.0 Å². The zero-order chi connectivity index (χ0) is 12.2. The van der Waals surface area contributed by atoms with Crippen LogP contribution in [0.1, 0.15) is 12.1 Å². The molecule has 1 aromatic rings. The first-order chi connectivity index (χ1) is 7.41. The second-order valence-corrected chi connectivity index (χ2v) is 4.80. The number of carboxylic acid groups (broad SMARTS) is 1. The summed E-state index contributed by atoms with van der Waals surface area (Å²) in [6, 6.07) is 5.06. The molecule has 1 heterocycles. The van der Waals surface area contributed by atoms with Gasteiger partial charge in [0.05, 0.1) is 0 Å². The second-order valence-electron chi connectivity index (χ2n) is 3.20. The third kappa shape index (κ3) is 3.59. The van der Waals surface area contributed by atoms with Crippen LogP contribution in [0.3, 0.4) is 0 Å². The smallest absolute Gasteiger partial charge is 0.324 e. The lowest BCUT2D eigenvalue weighted by Crippen LogP contribution is -2.30. The summed E-state index contributed by atoms with van der Waals surface area (Å²) in [4.78, 5) is 14.5. The van der Waals surface area contributed by atoms with Gasteiger partial charge >= 0.3 is 5.97 Å². The van der Waals surface area contributed by atoms with E-state index in [1.165, 1.54) is 6.20 Å². The van der Waals surface area contributed by atoms with Crippen LogP contribution in [0.15, 0.2) is 24.4 Å². The molecule has 1 aromatic heterocycles. The molecule has 0 spiro atoms. The standard InChI is InChI=1S/C9H11NO5S/c11-9(12)8(16(13,14)15)5-4-7-3-1-2-6-10-7/h1-3,6,8H,4-5H2,(H,11,12)(H,13,14,15). The van der Waals surface area contributed by atoms with Gasteiger partial charge < -0.3 is 5.11 Å². The average Bonchev–Trinajstić information content (AvgIpc) is 2.17. The van der Waals surface area contributed by atoms with Crippen molar-refractivity contribution in [2.75, 3.05) is 0 Å². The SMILES string of the molecule is O=C(O)C(CCc1ccccn1)S(=O)(=O)O. The van der Waals surface area contributed by atoms with Crippen LogP contribution in [0.2, 0.25) is 0 Å². The number of hydrogen-bond donors (Lipinski definition) is 2. The Morgan fingerprint density at radius 3 is 2.56 bits per heavy atom. The van der Waals surface area contributed by atoms with Crippen LogP contribution in [0.25, 0.3) is 0 Å². The summed E-state index contributed by atoms with van der Waals surface area (Å²) in [6.07, 6.45) is 1.50. The van der Waals surface area contributed by atoms with Crippen LogP contribution in [-0.4, -0.2) is 34.3 Å². The molecule has 0 saturated heterocycles. The van der Waals surface area contributed by atoms with E-state index in [1.807, 2.05) is 0 Å². The van der Waals surface area contributed by atoms with Gasteiger partial charge in [0.25, 0.3) is 10.1 Å². The molecule has 7 heteroatoms. The fourth-order valence-electron chi connectivity index (χ4n) is 1.22. The molecule has 16 heavy (non-hydrogen) atoms. The Kier molecular flexibility index (Phi) is 3.97. The van der Waals surface area contributed by atoms with E-state index in [4.69, 9.17) is 9.66 Å². The molecule has 1 rings (SSSR count). The highest BCUT2D eigenvalue weighted by molar-refractivity contribution is 7.87. The van der Waals surface area contributed by atoms with Gasteiger partial charge in [0.15, 0.2) is 5.25 Å². The molecule has 0 aliphatic rings. The summed E-state index contributed by atoms with van der Waals surface area (Å²) in [6.45, 7) is 0. The first kappa shape index (κ1) is 12.6. The molecule has 0 aromatic carbocycles. The first-order valence-electron chi connectivity index (χ1n) is 4.50. The number of hydrogen-bond acceptors (Lipinski definition) is 4. The quantitative estimate of drug-likeness (QED) is 0.725. The number of pyridine rings is 1. The molecule has 0 radical (unpaired) electrons. The molecule has 0 amide bonds. The van der Waals surface area contributed by atoms with Crippen molar-refractivity contribution < 1.29 is 22.9 Å². The number of aliphatic carboxylic acids is 1. The zero-order valence-electron chi connectivity index (χ0n) is 8.28. The van der Waals surface area contributed by atoms with Crippen LogP contribution >= 0.6 is 0 Å². The molecule has 1 atom stereocenters. The van der Waals surface area contributed by atoms with E-state index >= 15 is 0 Å². The molecule has 1 unspecified atom stereocenters. The lowest BCUT2D eigenvalue weighted by atomic mass is 10.2. The maximum atomic E-state index is 10.7. The topological polar surface area (TPSA) is 105 Å². The summed E-state index contributed by atoms with van der Waals surface area (Å²) < 4.78 is 30.2. The first-order valence-corrected chi connectivity index (χ1v) is 6.00. The Hall–Kier alpha value is -1.47. The number of nitrogens with zero attached hydrogens (tertiary/aromatic N) is 1. The molecule has 0 bridgehead atoms. The molecule has 0 aliphatic carbocycles. The molecular weight excluding hydrogens is 234 g/mol. The zero-order valence-corrected chi connectivity index (χ0v) is 9.09. The molecule has 88 valence electrons. The fourth-order valence-corrected chi connectivity index (χ4v) is 1.90. The van der Waals surface area contributed by atoms with E-state index in [0.29, 0.717) is 5.69 Å². The summed E-state index contributed by atoms with van der Waals surface area (Å²) >= 11 is 0. The van der Waals surface area contributed by atoms with E-state index in [2.05, 4.69) is 4.98 Å². The van der Waals surface area contributed by atoms with E-state index in [-0.39, 0.29) is 12.8 Å². The van der Waals surface area contributed by atoms with E-state index in [0.717, 1.165) is 0 Å². The van der Waals surface area contributed by atoms with Crippen LogP contribution in [0, 0.1) is 0 Å². The summed E-state index contributed by atoms with van der Waals surface area (Å²) in [5, 5.41) is 6.83. The Morgan fingerprint density at radius 1 is 1.44 bits per heavy atom. The fraction of sp³-hybridized carbons (Fsp3) is 0.333. The lowest BCUT2D eigenvalue weighted by Gasteiger charge is -2.08. The predicted molar refractivity (Wildman–Crippen MR) is 55.5 cm³/mol. The number of carbonyl (C=O) groups is 1. The summed E-state index contributed by atoms with van der Waals surface area (Å²) in [5.41, 5.74) is 0.581. The van der Waals surface area contributed by atoms with Gasteiger partial charge in [-0.3, -0.25) is 14.3 Å². The molecule has 2 N–H and O–H groups in total. The lowest BCUT2D eigenvalue weighted by molar-refractivity contribution is -0.136. The van der Waals surface area contributed by atoms with Crippen molar-refractivity contribution in [3.8, 4) is 0 Å². The highest BCUT2D eigenvalue weighted by atomic mass is 32.2. The van der Waals surface area contributed by atoms with Crippen molar-refractivity contribution in [3.63, 3.8) is 0 Å². The maximum absolute atomic E-state index is 10.7. The van der Waals surface area contributed by atoms with Crippen molar-refractivity contribution in [2.45, 2.75) is 18.1 Å². The molecule has 0 fully saturated rings. The highest BCUT2D eigenvalue weighted by Crippen LogP contribution is 2.09. The van der Waals surface area contributed by atoms with Crippen molar-refractivity contribution in [1.29, 1.82) is 0 Å². The third-order valence-electron chi connectivity index (χ3n) is 2.02. The minimum atomic E-state index is -4.56. The number of rotatable bonds is 5. The van der Waals surface area contributed by atoms with Gasteiger partial charge in [0.1, 0.15) is 0 Å². The predicted octanol–water partition coefficient (Wildman–Crippen LogP) is 0.355. The Labute approximate surface area is 92.7 Å². The molecular formula is C9H11NO5S. The van der Waals surface area contributed by atoms with Gasteiger partial charge in [0, 0.05) is 11.9 Å². The summed E-state index contributed by atoms with van der Waals surface area (Å²) in [5.74, 6) is -1.56. The average molecular weight is 245 g/mol. The minimum Gasteiger partial charge on any atom is -0.480 e. The van der Waals surface area contributed by atoms with Gasteiger partial charge in [-0.15, -0.1) is 0 Å². The largest absolute Gasteiger partial charge is 0.480 e. The summed E-state index contributed by atoms with van der Waals surface area (Å²) in [7, 11) is -4.56. The van der Waals surface area contributed by atoms with Crippen LogP contribution in [0.5, 0.6) is 0 Å². The van der Waals surface area contributed by atoms with Gasteiger partial charge in [-0.25, -0.2) is 0 Å². The van der Waals surface area contributed by atoms with Crippen LogP contribution in [-0.2, 0) is 21.3 Å². The number of carboxylic acids is 1. The van der Waals surface area contributed by atoms with Crippen molar-refractivity contribution >= 4 is 16.1 Å². The van der Waals surface area contributed by atoms with Crippen LogP contribution in [0.4, 0.5) is 0 Å². The maximum Gasteiger partial charge on any atom is 0.324 e. The minimum absolute atomic E-state index is 0.178. The monoisotopic (exact) mass is 245 g/mol. The third-order valence-corrected chi connectivity index (χ3v) is 3.18. The van der Waals surface area contributed by atoms with E-state index in [9.17, 15) is 13.2 Å². The van der Waals surface area contributed by atoms with E-state index < -0.39 is 21.3 Å². The molecule has 0 saturated carbocycles.